The maximum atomic E-state index is 6.51. The molecule has 0 spiro atoms. The maximum absolute atomic E-state index is 6.51. The van der Waals surface area contributed by atoms with Gasteiger partial charge in [-0.25, -0.2) is 0 Å². The molecule has 4 aromatic carbocycles. The van der Waals surface area contributed by atoms with Crippen molar-refractivity contribution < 1.29 is 0 Å². The molecular formula is C33H26Cl2N2. The molecule has 37 heavy (non-hydrogen) atoms. The summed E-state index contributed by atoms with van der Waals surface area (Å²) in [6, 6.07) is 31.4. The van der Waals surface area contributed by atoms with Gasteiger partial charge in [0.1, 0.15) is 6.04 Å². The van der Waals surface area contributed by atoms with E-state index in [0.29, 0.717) is 10.0 Å². The number of rotatable bonds is 4. The van der Waals surface area contributed by atoms with Crippen molar-refractivity contribution in [1.82, 2.24) is 5.32 Å². The quantitative estimate of drug-likeness (QED) is 0.285. The molecule has 2 nitrogen and oxygen atoms in total. The summed E-state index contributed by atoms with van der Waals surface area (Å²) < 4.78 is 0. The Labute approximate surface area is 228 Å². The second-order valence-corrected chi connectivity index (χ2v) is 10.5. The van der Waals surface area contributed by atoms with Gasteiger partial charge >= 0.3 is 0 Å². The van der Waals surface area contributed by atoms with Crippen molar-refractivity contribution in [1.29, 1.82) is 0 Å². The second kappa shape index (κ2) is 9.70. The van der Waals surface area contributed by atoms with Crippen LogP contribution < -0.4 is 5.32 Å². The van der Waals surface area contributed by atoms with Crippen molar-refractivity contribution in [3.63, 3.8) is 0 Å². The molecule has 4 aromatic rings. The Balaban J connectivity index is 1.48. The third kappa shape index (κ3) is 4.52. The molecule has 0 saturated heterocycles. The zero-order chi connectivity index (χ0) is 25.5. The van der Waals surface area contributed by atoms with E-state index in [1.807, 2.05) is 24.3 Å². The smallest absolute Gasteiger partial charge is 0.102 e. The minimum absolute atomic E-state index is 0.0769. The van der Waals surface area contributed by atoms with E-state index in [-0.39, 0.29) is 12.1 Å². The van der Waals surface area contributed by atoms with E-state index in [4.69, 9.17) is 28.2 Å². The molecular weight excluding hydrogens is 495 g/mol. The molecule has 2 aliphatic heterocycles. The van der Waals surface area contributed by atoms with E-state index >= 15 is 0 Å². The van der Waals surface area contributed by atoms with Crippen LogP contribution in [0, 0.1) is 13.8 Å². The highest BCUT2D eigenvalue weighted by Crippen LogP contribution is 2.42. The largest absolute Gasteiger partial charge is 0.374 e. The van der Waals surface area contributed by atoms with E-state index in [1.54, 1.807) is 0 Å². The van der Waals surface area contributed by atoms with Gasteiger partial charge in [0, 0.05) is 16.8 Å². The average molecular weight is 521 g/mol. The van der Waals surface area contributed by atoms with Gasteiger partial charge in [0.2, 0.25) is 0 Å². The highest BCUT2D eigenvalue weighted by atomic mass is 35.5. The Bertz CT molecular complexity index is 1580. The molecule has 6 rings (SSSR count). The summed E-state index contributed by atoms with van der Waals surface area (Å²) in [6.07, 6.45) is 4.46. The number of hydrogen-bond donors (Lipinski definition) is 1. The lowest BCUT2D eigenvalue weighted by atomic mass is 9.92. The van der Waals surface area contributed by atoms with Gasteiger partial charge in [0.25, 0.3) is 0 Å². The van der Waals surface area contributed by atoms with E-state index in [0.717, 1.165) is 28.1 Å². The fourth-order valence-corrected chi connectivity index (χ4v) is 5.62. The molecule has 2 heterocycles. The average Bonchev–Trinajstić information content (AvgIpc) is 3.47. The van der Waals surface area contributed by atoms with Gasteiger partial charge in [-0.3, -0.25) is 4.99 Å². The van der Waals surface area contributed by atoms with Crippen LogP contribution in [0.2, 0.25) is 10.0 Å². The van der Waals surface area contributed by atoms with Crippen LogP contribution in [0.25, 0.3) is 5.57 Å². The summed E-state index contributed by atoms with van der Waals surface area (Å²) in [5, 5.41) is 4.83. The molecule has 2 atom stereocenters. The fourth-order valence-electron chi connectivity index (χ4n) is 5.28. The molecule has 0 amide bonds. The van der Waals surface area contributed by atoms with Gasteiger partial charge in [0.05, 0.1) is 21.8 Å². The Morgan fingerprint density at radius 1 is 0.784 bits per heavy atom. The van der Waals surface area contributed by atoms with Gasteiger partial charge in [-0.1, -0.05) is 108 Å². The number of nitrogens with one attached hydrogen (secondary N) is 1. The third-order valence-electron chi connectivity index (χ3n) is 7.11. The summed E-state index contributed by atoms with van der Waals surface area (Å²) in [5.74, 6) is 0. The lowest BCUT2D eigenvalue weighted by Crippen LogP contribution is -2.14. The Kier molecular flexibility index (Phi) is 6.24. The molecule has 1 N–H and O–H groups in total. The van der Waals surface area contributed by atoms with Crippen molar-refractivity contribution in [2.75, 3.05) is 0 Å². The van der Waals surface area contributed by atoms with E-state index in [1.165, 1.54) is 27.8 Å². The number of nitrogens with zero attached hydrogens (tertiary/aromatic N) is 1. The Morgan fingerprint density at radius 2 is 1.49 bits per heavy atom. The molecule has 0 radical (unpaired) electrons. The standard InChI is InChI=1S/C33H26Cl2N2/c1-20-13-14-24(21(2)15-20)33-27-17-29(35)28(34)16-26(27)32(37-33)19-31-25(22-9-5-3-6-10-22)18-30(36-31)23-11-7-4-8-12-23/h3-19,30,33,36H,1-2H3/b31-19-. The first kappa shape index (κ1) is 23.8. The first-order chi connectivity index (χ1) is 18.0. The van der Waals surface area contributed by atoms with Crippen LogP contribution in [-0.2, 0) is 0 Å². The van der Waals surface area contributed by atoms with Crippen molar-refractivity contribution in [3.8, 4) is 0 Å². The molecule has 2 unspecified atom stereocenters. The number of aryl methyl sites for hydroxylation is 2. The fraction of sp³-hybridized carbons (Fsp3) is 0.121. The monoisotopic (exact) mass is 520 g/mol. The predicted octanol–water partition coefficient (Wildman–Crippen LogP) is 8.81. The highest BCUT2D eigenvalue weighted by molar-refractivity contribution is 6.42. The molecule has 0 aromatic heterocycles. The number of allylic oxidation sites excluding steroid dienone is 2. The molecule has 4 heteroatoms. The van der Waals surface area contributed by atoms with Crippen LogP contribution in [0.15, 0.2) is 114 Å². The van der Waals surface area contributed by atoms with Crippen molar-refractivity contribution in [2.45, 2.75) is 25.9 Å². The minimum atomic E-state index is -0.132. The summed E-state index contributed by atoms with van der Waals surface area (Å²) in [7, 11) is 0. The van der Waals surface area contributed by atoms with E-state index in [2.05, 4.69) is 98.0 Å². The second-order valence-electron chi connectivity index (χ2n) is 9.67. The molecule has 0 saturated carbocycles. The topological polar surface area (TPSA) is 24.4 Å². The number of hydrogen-bond acceptors (Lipinski definition) is 2. The van der Waals surface area contributed by atoms with Crippen molar-refractivity contribution >= 4 is 34.5 Å². The number of fused-ring (bicyclic) bond motifs is 1. The molecule has 2 aliphatic rings. The molecule has 182 valence electrons. The summed E-state index contributed by atoms with van der Waals surface area (Å²) >= 11 is 13.0. The van der Waals surface area contributed by atoms with Crippen LogP contribution in [0.5, 0.6) is 0 Å². The zero-order valence-electron chi connectivity index (χ0n) is 20.7. The Hall–Kier alpha value is -3.59. The summed E-state index contributed by atoms with van der Waals surface area (Å²) in [4.78, 5) is 5.24. The van der Waals surface area contributed by atoms with Gasteiger partial charge in [-0.05, 0) is 65.9 Å². The molecule has 0 fully saturated rings. The summed E-state index contributed by atoms with van der Waals surface area (Å²) in [6.45, 7) is 4.26. The van der Waals surface area contributed by atoms with Crippen LogP contribution in [0.4, 0.5) is 0 Å². The maximum Gasteiger partial charge on any atom is 0.102 e. The number of halogens is 2. The predicted molar refractivity (Wildman–Crippen MR) is 156 cm³/mol. The van der Waals surface area contributed by atoms with Gasteiger partial charge < -0.3 is 5.32 Å². The number of benzene rings is 4. The van der Waals surface area contributed by atoms with Crippen LogP contribution >= 0.6 is 23.2 Å². The third-order valence-corrected chi connectivity index (χ3v) is 7.83. The molecule has 0 bridgehead atoms. The first-order valence-corrected chi connectivity index (χ1v) is 13.2. The lowest BCUT2D eigenvalue weighted by molar-refractivity contribution is 0.765. The van der Waals surface area contributed by atoms with E-state index in [9.17, 15) is 0 Å². The zero-order valence-corrected chi connectivity index (χ0v) is 22.2. The SMILES string of the molecule is Cc1ccc(C2N=C(/C=C3\NC(c4ccccc4)C=C3c3ccccc3)c3cc(Cl)c(Cl)cc32)c(C)c1. The molecule has 0 aliphatic carbocycles. The van der Waals surface area contributed by atoms with Crippen LogP contribution in [-0.4, -0.2) is 5.71 Å². The number of aliphatic imine (C=N–C) groups is 1. The summed E-state index contributed by atoms with van der Waals surface area (Å²) in [5.41, 5.74) is 11.2. The van der Waals surface area contributed by atoms with E-state index < -0.39 is 0 Å². The van der Waals surface area contributed by atoms with Gasteiger partial charge in [-0.2, -0.15) is 0 Å². The van der Waals surface area contributed by atoms with Crippen molar-refractivity contribution in [2.24, 2.45) is 4.99 Å². The minimum Gasteiger partial charge on any atom is -0.374 e. The van der Waals surface area contributed by atoms with Crippen LogP contribution in [0.1, 0.15) is 51.0 Å². The first-order valence-electron chi connectivity index (χ1n) is 12.4. The highest BCUT2D eigenvalue weighted by Gasteiger charge is 2.30. The van der Waals surface area contributed by atoms with Crippen molar-refractivity contribution in [3.05, 3.63) is 158 Å². The van der Waals surface area contributed by atoms with Gasteiger partial charge in [0.15, 0.2) is 0 Å². The van der Waals surface area contributed by atoms with Crippen LogP contribution in [0.3, 0.4) is 0 Å². The Morgan fingerprint density at radius 3 is 2.22 bits per heavy atom. The van der Waals surface area contributed by atoms with Gasteiger partial charge in [-0.15, -0.1) is 0 Å². The normalized spacial score (nSPS) is 19.4. The lowest BCUT2D eigenvalue weighted by Gasteiger charge is -2.14.